The monoisotopic (exact) mass is 184 g/mol. The molecule has 3 N–H and O–H groups in total. The molecule has 0 aliphatic heterocycles. The van der Waals surface area contributed by atoms with Crippen molar-refractivity contribution < 1.29 is 0 Å². The smallest absolute Gasteiger partial charge is 0.141 e. The molecule has 0 saturated heterocycles. The van der Waals surface area contributed by atoms with Crippen molar-refractivity contribution in [2.45, 2.75) is 0 Å². The van der Waals surface area contributed by atoms with Gasteiger partial charge >= 0.3 is 0 Å². The van der Waals surface area contributed by atoms with Crippen molar-refractivity contribution in [2.75, 3.05) is 7.05 Å². The number of amidine groups is 1. The van der Waals surface area contributed by atoms with E-state index in [-0.39, 0.29) is 5.84 Å². The normalized spacial score (nSPS) is 9.50. The lowest BCUT2D eigenvalue weighted by Crippen LogP contribution is -2.34. The van der Waals surface area contributed by atoms with Gasteiger partial charge in [0, 0.05) is 18.8 Å². The second-order valence-corrected chi connectivity index (χ2v) is 2.51. The lowest BCUT2D eigenvalue weighted by Gasteiger charge is -2.04. The zero-order chi connectivity index (χ0) is 8.97. The summed E-state index contributed by atoms with van der Waals surface area (Å²) in [4.78, 5) is 3.84. The fourth-order valence-corrected chi connectivity index (χ4v) is 0.833. The van der Waals surface area contributed by atoms with Crippen molar-refractivity contribution in [3.05, 3.63) is 29.0 Å². The molecule has 5 heteroatoms. The molecule has 0 bridgehead atoms. The number of aromatic nitrogens is 1. The number of pyridine rings is 1. The van der Waals surface area contributed by atoms with E-state index in [4.69, 9.17) is 17.0 Å². The van der Waals surface area contributed by atoms with E-state index in [9.17, 15) is 0 Å². The van der Waals surface area contributed by atoms with Gasteiger partial charge in [0.15, 0.2) is 0 Å². The molecule has 0 aromatic carbocycles. The Morgan fingerprint density at radius 3 is 2.83 bits per heavy atom. The van der Waals surface area contributed by atoms with Crippen molar-refractivity contribution in [2.24, 2.45) is 0 Å². The van der Waals surface area contributed by atoms with Crippen LogP contribution in [0.3, 0.4) is 0 Å². The molecule has 0 aliphatic carbocycles. The molecule has 0 spiro atoms. The van der Waals surface area contributed by atoms with Gasteiger partial charge in [0.05, 0.1) is 0 Å². The third kappa shape index (κ3) is 2.18. The third-order valence-electron chi connectivity index (χ3n) is 1.27. The lowest BCUT2D eigenvalue weighted by atomic mass is 10.3. The van der Waals surface area contributed by atoms with Crippen molar-refractivity contribution >= 4 is 17.4 Å². The topological polar surface area (TPSA) is 60.8 Å². The molecule has 1 aromatic rings. The van der Waals surface area contributed by atoms with Crippen LogP contribution in [0.25, 0.3) is 0 Å². The Balaban J connectivity index is 2.75. The van der Waals surface area contributed by atoms with Gasteiger partial charge in [-0.05, 0) is 12.1 Å². The Bertz CT molecular complexity index is 269. The zero-order valence-corrected chi connectivity index (χ0v) is 7.31. The maximum Gasteiger partial charge on any atom is 0.141 e. The van der Waals surface area contributed by atoms with Crippen LogP contribution in [0.15, 0.2) is 18.3 Å². The average Bonchev–Trinajstić information content (AvgIpc) is 2.06. The second-order valence-electron chi connectivity index (χ2n) is 2.12. The van der Waals surface area contributed by atoms with E-state index in [2.05, 4.69) is 15.8 Å². The Hall–Kier alpha value is -1.13. The summed E-state index contributed by atoms with van der Waals surface area (Å²) in [6.07, 6.45) is 1.54. The molecule has 1 heterocycles. The van der Waals surface area contributed by atoms with Gasteiger partial charge in [0.1, 0.15) is 11.0 Å². The van der Waals surface area contributed by atoms with E-state index < -0.39 is 0 Å². The van der Waals surface area contributed by atoms with Crippen LogP contribution in [0.5, 0.6) is 0 Å². The van der Waals surface area contributed by atoms with E-state index in [1.165, 1.54) is 6.20 Å². The summed E-state index contributed by atoms with van der Waals surface area (Å²) in [6.45, 7) is 0. The molecule has 0 amide bonds. The number of hydrogen-bond acceptors (Lipinski definition) is 3. The maximum absolute atomic E-state index is 7.44. The Morgan fingerprint density at radius 1 is 1.58 bits per heavy atom. The maximum atomic E-state index is 7.44. The van der Waals surface area contributed by atoms with Crippen LogP contribution < -0.4 is 10.9 Å². The standard InChI is InChI=1S/C7H9ClN4/c1-10-12-7(9)5-2-3-6(8)11-4-5/h2-4,10H,1H3,(H2,9,12). The van der Waals surface area contributed by atoms with Crippen molar-refractivity contribution in [3.8, 4) is 0 Å². The van der Waals surface area contributed by atoms with Gasteiger partial charge in [-0.25, -0.2) is 10.4 Å². The van der Waals surface area contributed by atoms with E-state index in [0.717, 1.165) is 0 Å². The van der Waals surface area contributed by atoms with Crippen LogP contribution in [0.4, 0.5) is 0 Å². The Labute approximate surface area is 75.4 Å². The number of nitrogens with one attached hydrogen (secondary N) is 3. The molecule has 0 radical (unpaired) electrons. The highest BCUT2D eigenvalue weighted by Gasteiger charge is 1.98. The summed E-state index contributed by atoms with van der Waals surface area (Å²) in [7, 11) is 1.69. The highest BCUT2D eigenvalue weighted by molar-refractivity contribution is 6.29. The fraction of sp³-hybridized carbons (Fsp3) is 0.143. The summed E-state index contributed by atoms with van der Waals surface area (Å²) in [5, 5.41) is 7.87. The summed E-state index contributed by atoms with van der Waals surface area (Å²) in [5.41, 5.74) is 5.97. The minimum absolute atomic E-state index is 0.265. The Morgan fingerprint density at radius 2 is 2.33 bits per heavy atom. The molecule has 0 saturated carbocycles. The molecule has 4 nitrogen and oxygen atoms in total. The number of hydrazine groups is 1. The molecule has 0 aliphatic rings. The Kier molecular flexibility index (Phi) is 3.01. The molecule has 1 aromatic heterocycles. The van der Waals surface area contributed by atoms with Gasteiger partial charge in [0.25, 0.3) is 0 Å². The van der Waals surface area contributed by atoms with Gasteiger partial charge in [-0.2, -0.15) is 0 Å². The van der Waals surface area contributed by atoms with Gasteiger partial charge in [-0.15, -0.1) is 0 Å². The molecule has 64 valence electrons. The van der Waals surface area contributed by atoms with Crippen LogP contribution in [0, 0.1) is 5.41 Å². The highest BCUT2D eigenvalue weighted by atomic mass is 35.5. The van der Waals surface area contributed by atoms with Crippen molar-refractivity contribution in [3.63, 3.8) is 0 Å². The lowest BCUT2D eigenvalue weighted by molar-refractivity contribution is 0.764. The molecule has 0 fully saturated rings. The zero-order valence-electron chi connectivity index (χ0n) is 6.56. The van der Waals surface area contributed by atoms with Gasteiger partial charge in [-0.3, -0.25) is 5.41 Å². The average molecular weight is 185 g/mol. The van der Waals surface area contributed by atoms with Gasteiger partial charge < -0.3 is 5.43 Å². The molecule has 0 atom stereocenters. The van der Waals surface area contributed by atoms with E-state index in [1.54, 1.807) is 19.2 Å². The summed E-state index contributed by atoms with van der Waals surface area (Å²) in [5.74, 6) is 0.265. The molecule has 12 heavy (non-hydrogen) atoms. The predicted octanol–water partition coefficient (Wildman–Crippen LogP) is 0.784. The van der Waals surface area contributed by atoms with Crippen LogP contribution >= 0.6 is 11.6 Å². The second kappa shape index (κ2) is 4.04. The number of rotatable bonds is 2. The first-order chi connectivity index (χ1) is 5.74. The minimum Gasteiger partial charge on any atom is -0.306 e. The van der Waals surface area contributed by atoms with E-state index >= 15 is 0 Å². The molecular formula is C7H9ClN4. The van der Waals surface area contributed by atoms with Crippen LogP contribution in [0.2, 0.25) is 5.15 Å². The number of hydrogen-bond donors (Lipinski definition) is 3. The third-order valence-corrected chi connectivity index (χ3v) is 1.49. The SMILES string of the molecule is CNNC(=N)c1ccc(Cl)nc1. The summed E-state index contributed by atoms with van der Waals surface area (Å²) < 4.78 is 0. The molecular weight excluding hydrogens is 176 g/mol. The highest BCUT2D eigenvalue weighted by Crippen LogP contribution is 2.04. The summed E-state index contributed by atoms with van der Waals surface area (Å²) in [6, 6.07) is 3.37. The molecule has 0 unspecified atom stereocenters. The predicted molar refractivity (Wildman–Crippen MR) is 48.3 cm³/mol. The number of nitrogens with zero attached hydrogens (tertiary/aromatic N) is 1. The van der Waals surface area contributed by atoms with Gasteiger partial charge in [0.2, 0.25) is 0 Å². The first-order valence-electron chi connectivity index (χ1n) is 3.37. The van der Waals surface area contributed by atoms with Crippen LogP contribution in [0.1, 0.15) is 5.56 Å². The molecule has 1 rings (SSSR count). The van der Waals surface area contributed by atoms with Crippen LogP contribution in [-0.4, -0.2) is 17.9 Å². The van der Waals surface area contributed by atoms with Crippen molar-refractivity contribution in [1.82, 2.24) is 15.8 Å². The fourth-order valence-electron chi connectivity index (χ4n) is 0.721. The first kappa shape index (κ1) is 8.96. The van der Waals surface area contributed by atoms with Crippen molar-refractivity contribution in [1.29, 1.82) is 5.41 Å². The van der Waals surface area contributed by atoms with E-state index in [0.29, 0.717) is 10.7 Å². The largest absolute Gasteiger partial charge is 0.306 e. The minimum atomic E-state index is 0.265. The van der Waals surface area contributed by atoms with Crippen LogP contribution in [-0.2, 0) is 0 Å². The quantitative estimate of drug-likeness (QED) is 0.276. The van der Waals surface area contributed by atoms with E-state index in [1.807, 2.05) is 0 Å². The summed E-state index contributed by atoms with van der Waals surface area (Å²) >= 11 is 5.58. The first-order valence-corrected chi connectivity index (χ1v) is 3.75. The number of halogens is 1. The van der Waals surface area contributed by atoms with Gasteiger partial charge in [-0.1, -0.05) is 11.6 Å².